The van der Waals surface area contributed by atoms with E-state index in [9.17, 15) is 4.79 Å². The van der Waals surface area contributed by atoms with Crippen LogP contribution in [0, 0.1) is 0 Å². The third-order valence-corrected chi connectivity index (χ3v) is 2.57. The molecule has 0 spiro atoms. The average Bonchev–Trinajstić information content (AvgIpc) is 2.25. The lowest BCUT2D eigenvalue weighted by Gasteiger charge is -2.25. The Morgan fingerprint density at radius 2 is 2.00 bits per heavy atom. The second-order valence-electron chi connectivity index (χ2n) is 4.35. The largest absolute Gasteiger partial charge is 0.339 e. The van der Waals surface area contributed by atoms with E-state index in [1.165, 1.54) is 6.42 Å². The Balaban J connectivity index is 2.21. The molecule has 1 saturated heterocycles. The summed E-state index contributed by atoms with van der Waals surface area (Å²) in [5.41, 5.74) is 0. The number of hydrogen-bond acceptors (Lipinski definition) is 2. The van der Waals surface area contributed by atoms with Crippen LogP contribution in [-0.4, -0.2) is 36.5 Å². The normalized spacial score (nSPS) is 17.7. The molecule has 1 aliphatic heterocycles. The van der Waals surface area contributed by atoms with Gasteiger partial charge in [0.05, 0.1) is 0 Å². The van der Waals surface area contributed by atoms with E-state index in [2.05, 4.69) is 19.2 Å². The first-order valence-corrected chi connectivity index (χ1v) is 5.89. The van der Waals surface area contributed by atoms with Crippen LogP contribution in [0.4, 0.5) is 0 Å². The molecular formula is C12H22N2O. The molecule has 86 valence electrons. The van der Waals surface area contributed by atoms with Crippen molar-refractivity contribution in [2.75, 3.05) is 19.6 Å². The highest BCUT2D eigenvalue weighted by molar-refractivity contribution is 5.87. The fourth-order valence-electron chi connectivity index (χ4n) is 1.68. The topological polar surface area (TPSA) is 32.3 Å². The quantitative estimate of drug-likeness (QED) is 0.714. The molecule has 3 nitrogen and oxygen atoms in total. The maximum absolute atomic E-state index is 11.7. The number of nitrogens with one attached hydrogen (secondary N) is 1. The SMILES string of the molecule is CC(C)NC/C=C/C(=O)N1CCCCC1. The van der Waals surface area contributed by atoms with Gasteiger partial charge in [0.15, 0.2) is 0 Å². The molecule has 0 radical (unpaired) electrons. The van der Waals surface area contributed by atoms with Gasteiger partial charge >= 0.3 is 0 Å². The summed E-state index contributed by atoms with van der Waals surface area (Å²) in [5, 5.41) is 3.25. The Morgan fingerprint density at radius 3 is 2.60 bits per heavy atom. The van der Waals surface area contributed by atoms with Crippen molar-refractivity contribution in [1.82, 2.24) is 10.2 Å². The number of nitrogens with zero attached hydrogens (tertiary/aromatic N) is 1. The molecule has 0 aliphatic carbocycles. The standard InChI is InChI=1S/C12H22N2O/c1-11(2)13-8-6-7-12(15)14-9-4-3-5-10-14/h6-7,11,13H,3-5,8-10H2,1-2H3/b7-6+. The predicted molar refractivity (Wildman–Crippen MR) is 62.7 cm³/mol. The molecule has 0 atom stereocenters. The Morgan fingerprint density at radius 1 is 1.33 bits per heavy atom. The van der Waals surface area contributed by atoms with Crippen LogP contribution in [0.25, 0.3) is 0 Å². The lowest BCUT2D eigenvalue weighted by molar-refractivity contribution is -0.126. The van der Waals surface area contributed by atoms with Gasteiger partial charge in [0.1, 0.15) is 0 Å². The summed E-state index contributed by atoms with van der Waals surface area (Å²) in [5.74, 6) is 0.167. The van der Waals surface area contributed by atoms with Crippen molar-refractivity contribution in [3.8, 4) is 0 Å². The van der Waals surface area contributed by atoms with Crippen LogP contribution in [0.15, 0.2) is 12.2 Å². The van der Waals surface area contributed by atoms with E-state index in [-0.39, 0.29) is 5.91 Å². The number of hydrogen-bond donors (Lipinski definition) is 1. The summed E-state index contributed by atoms with van der Waals surface area (Å²) in [6.07, 6.45) is 7.19. The van der Waals surface area contributed by atoms with Gasteiger partial charge in [0.2, 0.25) is 5.91 Å². The third kappa shape index (κ3) is 4.98. The van der Waals surface area contributed by atoms with Crippen molar-refractivity contribution in [3.63, 3.8) is 0 Å². The van der Waals surface area contributed by atoms with Crippen LogP contribution in [-0.2, 0) is 4.79 Å². The number of amides is 1. The minimum absolute atomic E-state index is 0.167. The Labute approximate surface area is 92.5 Å². The zero-order valence-electron chi connectivity index (χ0n) is 9.83. The summed E-state index contributed by atoms with van der Waals surface area (Å²) < 4.78 is 0. The van der Waals surface area contributed by atoms with Gasteiger partial charge in [0.25, 0.3) is 0 Å². The van der Waals surface area contributed by atoms with Crippen molar-refractivity contribution in [2.45, 2.75) is 39.2 Å². The molecule has 0 aromatic carbocycles. The molecule has 0 bridgehead atoms. The van der Waals surface area contributed by atoms with E-state index in [0.29, 0.717) is 6.04 Å². The number of carbonyl (C=O) groups is 1. The van der Waals surface area contributed by atoms with Gasteiger partial charge < -0.3 is 10.2 Å². The number of likely N-dealkylation sites (tertiary alicyclic amines) is 1. The zero-order valence-corrected chi connectivity index (χ0v) is 9.83. The van der Waals surface area contributed by atoms with Crippen molar-refractivity contribution < 1.29 is 4.79 Å². The molecule has 1 heterocycles. The molecule has 1 amide bonds. The van der Waals surface area contributed by atoms with E-state index < -0.39 is 0 Å². The average molecular weight is 210 g/mol. The molecule has 3 heteroatoms. The van der Waals surface area contributed by atoms with Crippen LogP contribution < -0.4 is 5.32 Å². The molecule has 0 aromatic heterocycles. The minimum atomic E-state index is 0.167. The van der Waals surface area contributed by atoms with Gasteiger partial charge in [0, 0.05) is 31.8 Å². The zero-order chi connectivity index (χ0) is 11.1. The van der Waals surface area contributed by atoms with E-state index in [0.717, 1.165) is 32.5 Å². The molecular weight excluding hydrogens is 188 g/mol. The first kappa shape index (κ1) is 12.2. The summed E-state index contributed by atoms with van der Waals surface area (Å²) in [7, 11) is 0. The maximum atomic E-state index is 11.7. The number of carbonyl (C=O) groups excluding carboxylic acids is 1. The van der Waals surface area contributed by atoms with Crippen molar-refractivity contribution in [1.29, 1.82) is 0 Å². The first-order chi connectivity index (χ1) is 7.20. The van der Waals surface area contributed by atoms with Crippen LogP contribution in [0.5, 0.6) is 0 Å². The molecule has 0 unspecified atom stereocenters. The Bertz CT molecular complexity index is 218. The van der Waals surface area contributed by atoms with E-state index >= 15 is 0 Å². The summed E-state index contributed by atoms with van der Waals surface area (Å²) in [6.45, 7) is 6.83. The van der Waals surface area contributed by atoms with Crippen molar-refractivity contribution in [2.24, 2.45) is 0 Å². The summed E-state index contributed by atoms with van der Waals surface area (Å²) in [6, 6.07) is 0.472. The minimum Gasteiger partial charge on any atom is -0.339 e. The molecule has 1 rings (SSSR count). The highest BCUT2D eigenvalue weighted by Gasteiger charge is 2.13. The molecule has 1 N–H and O–H groups in total. The fraction of sp³-hybridized carbons (Fsp3) is 0.750. The second kappa shape index (κ2) is 6.62. The van der Waals surface area contributed by atoms with Crippen molar-refractivity contribution >= 4 is 5.91 Å². The van der Waals surface area contributed by atoms with E-state index in [4.69, 9.17) is 0 Å². The first-order valence-electron chi connectivity index (χ1n) is 5.89. The van der Waals surface area contributed by atoms with E-state index in [1.54, 1.807) is 6.08 Å². The fourth-order valence-corrected chi connectivity index (χ4v) is 1.68. The van der Waals surface area contributed by atoms with Gasteiger partial charge in [-0.15, -0.1) is 0 Å². The number of rotatable bonds is 4. The van der Waals surface area contributed by atoms with Crippen LogP contribution in [0.1, 0.15) is 33.1 Å². The van der Waals surface area contributed by atoms with Crippen LogP contribution >= 0.6 is 0 Å². The van der Waals surface area contributed by atoms with Gasteiger partial charge in [-0.05, 0) is 19.3 Å². The van der Waals surface area contributed by atoms with Gasteiger partial charge in [-0.3, -0.25) is 4.79 Å². The molecule has 0 saturated carbocycles. The van der Waals surface area contributed by atoms with E-state index in [1.807, 2.05) is 11.0 Å². The monoisotopic (exact) mass is 210 g/mol. The smallest absolute Gasteiger partial charge is 0.246 e. The summed E-state index contributed by atoms with van der Waals surface area (Å²) >= 11 is 0. The van der Waals surface area contributed by atoms with Crippen molar-refractivity contribution in [3.05, 3.63) is 12.2 Å². The van der Waals surface area contributed by atoms with Gasteiger partial charge in [-0.2, -0.15) is 0 Å². The molecule has 1 aliphatic rings. The maximum Gasteiger partial charge on any atom is 0.246 e. The van der Waals surface area contributed by atoms with Gasteiger partial charge in [-0.1, -0.05) is 19.9 Å². The van der Waals surface area contributed by atoms with Crippen LogP contribution in [0.2, 0.25) is 0 Å². The second-order valence-corrected chi connectivity index (χ2v) is 4.35. The summed E-state index contributed by atoms with van der Waals surface area (Å²) in [4.78, 5) is 13.6. The highest BCUT2D eigenvalue weighted by atomic mass is 16.2. The lowest BCUT2D eigenvalue weighted by Crippen LogP contribution is -2.34. The number of piperidine rings is 1. The van der Waals surface area contributed by atoms with Gasteiger partial charge in [-0.25, -0.2) is 0 Å². The lowest BCUT2D eigenvalue weighted by atomic mass is 10.1. The molecule has 15 heavy (non-hydrogen) atoms. The third-order valence-electron chi connectivity index (χ3n) is 2.57. The molecule has 1 fully saturated rings. The Hall–Kier alpha value is -0.830. The molecule has 0 aromatic rings. The Kier molecular flexibility index (Phi) is 5.40. The predicted octanol–water partition coefficient (Wildman–Crippen LogP) is 1.55. The van der Waals surface area contributed by atoms with Crippen LogP contribution in [0.3, 0.4) is 0 Å². The highest BCUT2D eigenvalue weighted by Crippen LogP contribution is 2.08.